The first-order valence-electron chi connectivity index (χ1n) is 9.24. The number of nitrogens with zero attached hydrogens (tertiary/aromatic N) is 6. The van der Waals surface area contributed by atoms with Gasteiger partial charge in [-0.2, -0.15) is 28.8 Å². The molecule has 0 unspecified atom stereocenters. The molecule has 0 spiro atoms. The standard InChI is InChI=1S/C19H13N7.C2HF3O2/c20-6-4-17(14-3-1-2-13(8-14)9-21)26-11-15(10-25-26)18-16-5-7-22-19(16)24-12-23-18;3-2(4,5)1(6)7/h1-3,5,7-8,10-12,17H,4H2,(H,22,23,24);(H,6,7)/t17-;/m1./s1. The lowest BCUT2D eigenvalue weighted by atomic mass is 10.0. The number of hydrogen-bond donors (Lipinski definition) is 2. The molecule has 2 N–H and O–H groups in total. The smallest absolute Gasteiger partial charge is 0.475 e. The molecule has 0 aliphatic rings. The van der Waals surface area contributed by atoms with E-state index in [-0.39, 0.29) is 12.5 Å². The predicted octanol–water partition coefficient (Wildman–Crippen LogP) is 3.83. The predicted molar refractivity (Wildman–Crippen MR) is 108 cm³/mol. The van der Waals surface area contributed by atoms with Crippen LogP contribution in [0, 0.1) is 22.7 Å². The third-order valence-electron chi connectivity index (χ3n) is 4.48. The van der Waals surface area contributed by atoms with Crippen LogP contribution in [-0.2, 0) is 4.79 Å². The molecule has 1 aromatic carbocycles. The molecule has 9 nitrogen and oxygen atoms in total. The molecule has 166 valence electrons. The van der Waals surface area contributed by atoms with E-state index in [1.165, 1.54) is 6.33 Å². The topological polar surface area (TPSA) is 144 Å². The number of alkyl halides is 3. The van der Waals surface area contributed by atoms with E-state index in [0.29, 0.717) is 5.56 Å². The Balaban J connectivity index is 0.000000383. The maximum absolute atomic E-state index is 10.6. The molecule has 0 saturated carbocycles. The van der Waals surface area contributed by atoms with E-state index in [1.54, 1.807) is 23.0 Å². The van der Waals surface area contributed by atoms with Crippen molar-refractivity contribution in [2.45, 2.75) is 18.6 Å². The Kier molecular flexibility index (Phi) is 6.69. The Labute approximate surface area is 184 Å². The number of carboxylic acids is 1. The number of nitriles is 2. The van der Waals surface area contributed by atoms with Crippen LogP contribution in [0.2, 0.25) is 0 Å². The average Bonchev–Trinajstić information content (AvgIpc) is 3.47. The Morgan fingerprint density at radius 1 is 1.24 bits per heavy atom. The summed E-state index contributed by atoms with van der Waals surface area (Å²) in [6.45, 7) is 0. The number of aromatic nitrogens is 5. The third-order valence-corrected chi connectivity index (χ3v) is 4.48. The highest BCUT2D eigenvalue weighted by atomic mass is 19.4. The van der Waals surface area contributed by atoms with Gasteiger partial charge < -0.3 is 10.1 Å². The van der Waals surface area contributed by atoms with Crippen LogP contribution in [0.5, 0.6) is 0 Å². The van der Waals surface area contributed by atoms with Gasteiger partial charge >= 0.3 is 12.1 Å². The molecular weight excluding hydrogens is 439 g/mol. The highest BCUT2D eigenvalue weighted by molar-refractivity contribution is 5.90. The van der Waals surface area contributed by atoms with E-state index < -0.39 is 12.1 Å². The van der Waals surface area contributed by atoms with Crippen molar-refractivity contribution >= 4 is 17.0 Å². The fourth-order valence-electron chi connectivity index (χ4n) is 3.00. The zero-order chi connectivity index (χ0) is 24.0. The van der Waals surface area contributed by atoms with Crippen LogP contribution in [0.4, 0.5) is 13.2 Å². The van der Waals surface area contributed by atoms with Gasteiger partial charge in [-0.05, 0) is 23.8 Å². The number of fused-ring (bicyclic) bond motifs is 1. The van der Waals surface area contributed by atoms with Crippen molar-refractivity contribution in [2.24, 2.45) is 0 Å². The third kappa shape index (κ3) is 5.32. The SMILES string of the molecule is N#CC[C@H](c1cccc(C#N)c1)n1cc(-c2ncnc3[nH]ccc23)cn1.O=C(O)C(F)(F)F. The molecule has 0 saturated heterocycles. The summed E-state index contributed by atoms with van der Waals surface area (Å²) in [5.41, 5.74) is 3.82. The van der Waals surface area contributed by atoms with Crippen LogP contribution in [-0.4, -0.2) is 42.0 Å². The van der Waals surface area contributed by atoms with Crippen LogP contribution in [0.25, 0.3) is 22.3 Å². The van der Waals surface area contributed by atoms with Gasteiger partial charge in [0.05, 0.1) is 42.1 Å². The lowest BCUT2D eigenvalue weighted by Crippen LogP contribution is -2.21. The molecule has 12 heteroatoms. The maximum Gasteiger partial charge on any atom is 0.490 e. The molecule has 0 amide bonds. The van der Waals surface area contributed by atoms with Gasteiger partial charge in [0.2, 0.25) is 0 Å². The van der Waals surface area contributed by atoms with Crippen molar-refractivity contribution in [2.75, 3.05) is 0 Å². The van der Waals surface area contributed by atoms with Gasteiger partial charge in [-0.1, -0.05) is 12.1 Å². The van der Waals surface area contributed by atoms with E-state index in [2.05, 4.69) is 32.2 Å². The molecular formula is C21H14F3N7O2. The second-order valence-electron chi connectivity index (χ2n) is 6.59. The summed E-state index contributed by atoms with van der Waals surface area (Å²) in [4.78, 5) is 20.5. The van der Waals surface area contributed by atoms with Crippen molar-refractivity contribution in [3.63, 3.8) is 0 Å². The van der Waals surface area contributed by atoms with Crippen molar-refractivity contribution < 1.29 is 23.1 Å². The number of benzene rings is 1. The van der Waals surface area contributed by atoms with E-state index in [0.717, 1.165) is 27.9 Å². The minimum atomic E-state index is -5.08. The largest absolute Gasteiger partial charge is 0.490 e. The molecule has 33 heavy (non-hydrogen) atoms. The number of hydrogen-bond acceptors (Lipinski definition) is 6. The maximum atomic E-state index is 10.6. The number of carbonyl (C=O) groups is 1. The van der Waals surface area contributed by atoms with E-state index in [1.807, 2.05) is 30.6 Å². The molecule has 0 aliphatic carbocycles. The number of aliphatic carboxylic acids is 1. The summed E-state index contributed by atoms with van der Waals surface area (Å²) in [7, 11) is 0. The second kappa shape index (κ2) is 9.62. The zero-order valence-electron chi connectivity index (χ0n) is 16.7. The van der Waals surface area contributed by atoms with E-state index >= 15 is 0 Å². The van der Waals surface area contributed by atoms with E-state index in [4.69, 9.17) is 15.2 Å². The van der Waals surface area contributed by atoms with Crippen LogP contribution in [0.3, 0.4) is 0 Å². The van der Waals surface area contributed by atoms with Crippen LogP contribution >= 0.6 is 0 Å². The monoisotopic (exact) mass is 453 g/mol. The summed E-state index contributed by atoms with van der Waals surface area (Å²) in [5, 5.41) is 30.8. The van der Waals surface area contributed by atoms with Crippen molar-refractivity contribution in [3.05, 3.63) is 66.4 Å². The van der Waals surface area contributed by atoms with Gasteiger partial charge in [-0.3, -0.25) is 4.68 Å². The fraction of sp³-hybridized carbons (Fsp3) is 0.143. The molecule has 0 aliphatic heterocycles. The second-order valence-corrected chi connectivity index (χ2v) is 6.59. The van der Waals surface area contributed by atoms with Gasteiger partial charge in [0, 0.05) is 23.3 Å². The normalized spacial score (nSPS) is 11.7. The quantitative estimate of drug-likeness (QED) is 0.478. The Morgan fingerprint density at radius 3 is 2.67 bits per heavy atom. The molecule has 3 aromatic heterocycles. The van der Waals surface area contributed by atoms with Crippen LogP contribution in [0.1, 0.15) is 23.6 Å². The minimum absolute atomic E-state index is 0.249. The molecule has 0 bridgehead atoms. The Hall–Kier alpha value is -4.71. The van der Waals surface area contributed by atoms with Gasteiger partial charge in [0.1, 0.15) is 12.0 Å². The molecule has 3 heterocycles. The summed E-state index contributed by atoms with van der Waals surface area (Å²) in [5.74, 6) is -2.76. The van der Waals surface area contributed by atoms with E-state index in [9.17, 15) is 18.4 Å². The van der Waals surface area contributed by atoms with Gasteiger partial charge in [-0.25, -0.2) is 14.8 Å². The van der Waals surface area contributed by atoms with Gasteiger partial charge in [-0.15, -0.1) is 0 Å². The highest BCUT2D eigenvalue weighted by Gasteiger charge is 2.38. The van der Waals surface area contributed by atoms with Gasteiger partial charge in [0.15, 0.2) is 0 Å². The molecule has 0 radical (unpaired) electrons. The number of rotatable bonds is 4. The molecule has 4 rings (SSSR count). The van der Waals surface area contributed by atoms with Crippen LogP contribution in [0.15, 0.2) is 55.2 Å². The summed E-state index contributed by atoms with van der Waals surface area (Å²) < 4.78 is 33.5. The number of halogens is 3. The highest BCUT2D eigenvalue weighted by Crippen LogP contribution is 2.28. The molecule has 0 fully saturated rings. The number of nitrogens with one attached hydrogen (secondary N) is 1. The fourth-order valence-corrected chi connectivity index (χ4v) is 3.00. The first-order valence-corrected chi connectivity index (χ1v) is 9.24. The lowest BCUT2D eigenvalue weighted by molar-refractivity contribution is -0.192. The summed E-state index contributed by atoms with van der Waals surface area (Å²) in [6, 6.07) is 13.2. The van der Waals surface area contributed by atoms with Gasteiger partial charge in [0.25, 0.3) is 0 Å². The van der Waals surface area contributed by atoms with Crippen LogP contribution < -0.4 is 0 Å². The first kappa shape index (κ1) is 23.0. The van der Waals surface area contributed by atoms with Crippen molar-refractivity contribution in [1.82, 2.24) is 24.7 Å². The Morgan fingerprint density at radius 2 is 2.00 bits per heavy atom. The number of H-pyrrole nitrogens is 1. The van der Waals surface area contributed by atoms with Crippen molar-refractivity contribution in [1.29, 1.82) is 10.5 Å². The zero-order valence-corrected chi connectivity index (χ0v) is 16.7. The average molecular weight is 453 g/mol. The summed E-state index contributed by atoms with van der Waals surface area (Å²) in [6.07, 6.45) is 2.09. The number of aromatic amines is 1. The first-order chi connectivity index (χ1) is 15.7. The molecule has 1 atom stereocenters. The summed E-state index contributed by atoms with van der Waals surface area (Å²) >= 11 is 0. The lowest BCUT2D eigenvalue weighted by Gasteiger charge is -2.15. The molecule has 4 aromatic rings. The Bertz CT molecular complexity index is 1360. The number of carboxylic acid groups (broad SMARTS) is 1. The van der Waals surface area contributed by atoms with Crippen molar-refractivity contribution in [3.8, 4) is 23.4 Å². The minimum Gasteiger partial charge on any atom is -0.475 e.